The van der Waals surface area contributed by atoms with Gasteiger partial charge < -0.3 is 10.2 Å². The topological polar surface area (TPSA) is 78.7 Å². The van der Waals surface area contributed by atoms with Gasteiger partial charge in [0, 0.05) is 50.5 Å². The van der Waals surface area contributed by atoms with Gasteiger partial charge in [-0.25, -0.2) is 0 Å². The van der Waals surface area contributed by atoms with Crippen molar-refractivity contribution in [1.82, 2.24) is 10.2 Å². The molecular formula is C23H26N4O3. The number of fused-ring (bicyclic) bond motifs is 3. The number of piperazine rings is 1. The van der Waals surface area contributed by atoms with E-state index in [0.717, 1.165) is 37.4 Å². The molecule has 7 heteroatoms. The van der Waals surface area contributed by atoms with Crippen LogP contribution in [-0.4, -0.2) is 48.0 Å². The van der Waals surface area contributed by atoms with Crippen molar-refractivity contribution in [2.24, 2.45) is 5.92 Å². The number of carbonyl (C=O) groups excluding carboxylic acids is 1. The van der Waals surface area contributed by atoms with Gasteiger partial charge in [0.25, 0.3) is 5.69 Å². The number of amides is 1. The molecule has 156 valence electrons. The average Bonchev–Trinajstić information content (AvgIpc) is 2.77. The van der Waals surface area contributed by atoms with Crippen molar-refractivity contribution in [3.8, 4) is 0 Å². The van der Waals surface area contributed by atoms with E-state index in [2.05, 4.69) is 33.8 Å². The first-order chi connectivity index (χ1) is 14.6. The molecule has 0 aliphatic carbocycles. The van der Waals surface area contributed by atoms with Crippen LogP contribution in [0.2, 0.25) is 0 Å². The van der Waals surface area contributed by atoms with Gasteiger partial charge in [0.1, 0.15) is 0 Å². The second-order valence-electron chi connectivity index (χ2n) is 7.90. The molecule has 2 atom stereocenters. The zero-order chi connectivity index (χ0) is 21.1. The summed E-state index contributed by atoms with van der Waals surface area (Å²) in [5.74, 6) is -0.290. The first-order valence-corrected chi connectivity index (χ1v) is 10.3. The summed E-state index contributed by atoms with van der Waals surface area (Å²) < 4.78 is 0. The maximum atomic E-state index is 13.0. The zero-order valence-electron chi connectivity index (χ0n) is 16.9. The third-order valence-corrected chi connectivity index (χ3v) is 6.00. The van der Waals surface area contributed by atoms with Gasteiger partial charge >= 0.3 is 0 Å². The fourth-order valence-electron chi connectivity index (χ4n) is 4.57. The van der Waals surface area contributed by atoms with Gasteiger partial charge in [-0.3, -0.25) is 19.8 Å². The van der Waals surface area contributed by atoms with Crippen molar-refractivity contribution in [3.63, 3.8) is 0 Å². The highest BCUT2D eigenvalue weighted by atomic mass is 16.6. The van der Waals surface area contributed by atoms with E-state index in [0.29, 0.717) is 13.0 Å². The molecule has 2 aromatic rings. The molecular weight excluding hydrogens is 380 g/mol. The van der Waals surface area contributed by atoms with E-state index in [9.17, 15) is 14.9 Å². The summed E-state index contributed by atoms with van der Waals surface area (Å²) in [4.78, 5) is 28.5. The number of non-ortho nitro benzene ring substituents is 1. The highest BCUT2D eigenvalue weighted by Crippen LogP contribution is 2.38. The fraction of sp³-hybridized carbons (Fsp3) is 0.348. The molecule has 0 aromatic heterocycles. The third kappa shape index (κ3) is 4.07. The second kappa shape index (κ2) is 8.67. The number of benzene rings is 2. The Kier molecular flexibility index (Phi) is 5.81. The van der Waals surface area contributed by atoms with Gasteiger partial charge in [-0.15, -0.1) is 6.58 Å². The van der Waals surface area contributed by atoms with E-state index in [4.69, 9.17) is 0 Å². The van der Waals surface area contributed by atoms with Gasteiger partial charge in [-0.2, -0.15) is 0 Å². The lowest BCUT2D eigenvalue weighted by atomic mass is 9.83. The predicted octanol–water partition coefficient (Wildman–Crippen LogP) is 2.76. The van der Waals surface area contributed by atoms with Crippen molar-refractivity contribution < 1.29 is 9.72 Å². The van der Waals surface area contributed by atoms with Gasteiger partial charge in [0.2, 0.25) is 5.91 Å². The summed E-state index contributed by atoms with van der Waals surface area (Å²) in [7, 11) is 0. The van der Waals surface area contributed by atoms with E-state index in [1.54, 1.807) is 18.2 Å². The highest BCUT2D eigenvalue weighted by Gasteiger charge is 2.41. The second-order valence-corrected chi connectivity index (χ2v) is 7.90. The largest absolute Gasteiger partial charge is 0.365 e. The maximum Gasteiger partial charge on any atom is 0.269 e. The Labute approximate surface area is 176 Å². The molecule has 0 saturated carbocycles. The van der Waals surface area contributed by atoms with Crippen molar-refractivity contribution in [2.45, 2.75) is 19.0 Å². The lowest BCUT2D eigenvalue weighted by molar-refractivity contribution is -0.384. The van der Waals surface area contributed by atoms with Gasteiger partial charge in [-0.1, -0.05) is 36.4 Å². The average molecular weight is 406 g/mol. The highest BCUT2D eigenvalue weighted by molar-refractivity contribution is 5.82. The van der Waals surface area contributed by atoms with Crippen LogP contribution in [0.5, 0.6) is 0 Å². The van der Waals surface area contributed by atoms with Crippen molar-refractivity contribution in [1.29, 1.82) is 0 Å². The van der Waals surface area contributed by atoms with Crippen LogP contribution in [0, 0.1) is 16.0 Å². The summed E-state index contributed by atoms with van der Waals surface area (Å²) in [6, 6.07) is 15.4. The van der Waals surface area contributed by atoms with Gasteiger partial charge in [0.15, 0.2) is 0 Å². The van der Waals surface area contributed by atoms with Crippen LogP contribution >= 0.6 is 0 Å². The molecule has 2 aliphatic heterocycles. The Bertz CT molecular complexity index is 947. The fourth-order valence-corrected chi connectivity index (χ4v) is 4.57. The Hall–Kier alpha value is -3.19. The van der Waals surface area contributed by atoms with E-state index in [-0.39, 0.29) is 28.5 Å². The van der Waals surface area contributed by atoms with Crippen LogP contribution in [0.4, 0.5) is 11.4 Å². The number of nitrogens with one attached hydrogen (secondary N) is 1. The van der Waals surface area contributed by atoms with Crippen molar-refractivity contribution in [3.05, 3.63) is 82.4 Å². The minimum Gasteiger partial charge on any atom is -0.365 e. The summed E-state index contributed by atoms with van der Waals surface area (Å²) in [5, 5.41) is 14.2. The minimum atomic E-state index is -0.378. The summed E-state index contributed by atoms with van der Waals surface area (Å²) in [6.45, 7) is 7.38. The molecule has 1 saturated heterocycles. The van der Waals surface area contributed by atoms with E-state index in [1.807, 2.05) is 24.3 Å². The molecule has 4 rings (SSSR count). The predicted molar refractivity (Wildman–Crippen MR) is 116 cm³/mol. The third-order valence-electron chi connectivity index (χ3n) is 6.00. The Morgan fingerprint density at radius 1 is 1.23 bits per heavy atom. The van der Waals surface area contributed by atoms with E-state index < -0.39 is 0 Å². The van der Waals surface area contributed by atoms with E-state index >= 15 is 0 Å². The molecule has 2 aromatic carbocycles. The van der Waals surface area contributed by atoms with Crippen LogP contribution in [0.1, 0.15) is 11.1 Å². The number of nitro benzene ring substituents is 1. The standard InChI is InChI=1S/C23H26N4O3/c1-2-10-24-23(28)20-14-18-13-19(27(29)30)8-9-21(18)26-12-11-25(16-22(20)26)15-17-6-4-3-5-7-17/h2-9,13,20,22H,1,10-12,14-16H2,(H,24,28)/t20-,22-/m0/s1. The SMILES string of the molecule is C=CCNC(=O)[C@H]1Cc2cc([N+](=O)[O-])ccc2N2CCN(Cc3ccccc3)C[C@@H]12. The minimum absolute atomic E-state index is 0.0244. The molecule has 1 N–H and O–H groups in total. The van der Waals surface area contributed by atoms with Crippen molar-refractivity contribution in [2.75, 3.05) is 31.1 Å². The van der Waals surface area contributed by atoms with Gasteiger partial charge in [-0.05, 0) is 23.6 Å². The smallest absolute Gasteiger partial charge is 0.269 e. The summed E-state index contributed by atoms with van der Waals surface area (Å²) in [6.07, 6.45) is 2.17. The van der Waals surface area contributed by atoms with Crippen LogP contribution in [0.25, 0.3) is 0 Å². The molecule has 7 nitrogen and oxygen atoms in total. The molecule has 0 unspecified atom stereocenters. The Morgan fingerprint density at radius 2 is 2.03 bits per heavy atom. The molecule has 2 heterocycles. The van der Waals surface area contributed by atoms with Crippen LogP contribution in [0.3, 0.4) is 0 Å². The number of carbonyl (C=O) groups is 1. The zero-order valence-corrected chi connectivity index (χ0v) is 16.9. The number of anilines is 1. The van der Waals surface area contributed by atoms with Crippen molar-refractivity contribution >= 4 is 17.3 Å². The molecule has 1 amide bonds. The molecule has 1 fully saturated rings. The normalized spacial score (nSPS) is 20.7. The molecule has 0 radical (unpaired) electrons. The molecule has 30 heavy (non-hydrogen) atoms. The number of nitro groups is 1. The number of hydrogen-bond donors (Lipinski definition) is 1. The first kappa shape index (κ1) is 20.1. The first-order valence-electron chi connectivity index (χ1n) is 10.3. The Balaban J connectivity index is 1.61. The number of nitrogens with zero attached hydrogens (tertiary/aromatic N) is 3. The number of rotatable bonds is 6. The molecule has 2 aliphatic rings. The van der Waals surface area contributed by atoms with Crippen LogP contribution in [0.15, 0.2) is 61.2 Å². The lowest BCUT2D eigenvalue weighted by Gasteiger charge is -2.49. The van der Waals surface area contributed by atoms with Crippen LogP contribution < -0.4 is 10.2 Å². The molecule has 0 bridgehead atoms. The summed E-state index contributed by atoms with van der Waals surface area (Å²) in [5.41, 5.74) is 3.21. The monoisotopic (exact) mass is 406 g/mol. The Morgan fingerprint density at radius 3 is 2.77 bits per heavy atom. The van der Waals surface area contributed by atoms with E-state index in [1.165, 1.54) is 5.56 Å². The van der Waals surface area contributed by atoms with Crippen LogP contribution in [-0.2, 0) is 17.8 Å². The van der Waals surface area contributed by atoms with Gasteiger partial charge in [0.05, 0.1) is 16.9 Å². The number of hydrogen-bond acceptors (Lipinski definition) is 5. The quantitative estimate of drug-likeness (QED) is 0.453. The molecule has 0 spiro atoms. The maximum absolute atomic E-state index is 13.0. The summed E-state index contributed by atoms with van der Waals surface area (Å²) >= 11 is 0. The lowest BCUT2D eigenvalue weighted by Crippen LogP contribution is -2.60.